The number of hydrogen-bond acceptors (Lipinski definition) is 5. The SMILES string of the molecule is CCn1c(SCC(=O)Nc2cccc(C(=O)O)c2)nnc1-c1cccc(C)c1. The van der Waals surface area contributed by atoms with E-state index in [9.17, 15) is 9.59 Å². The Morgan fingerprint density at radius 1 is 1.14 bits per heavy atom. The van der Waals surface area contributed by atoms with Gasteiger partial charge in [-0.25, -0.2) is 4.79 Å². The quantitative estimate of drug-likeness (QED) is 0.591. The van der Waals surface area contributed by atoms with Crippen LogP contribution in [-0.2, 0) is 11.3 Å². The van der Waals surface area contributed by atoms with Crippen molar-refractivity contribution in [3.05, 3.63) is 59.7 Å². The normalized spacial score (nSPS) is 10.6. The van der Waals surface area contributed by atoms with E-state index in [0.717, 1.165) is 17.0 Å². The van der Waals surface area contributed by atoms with Crippen LogP contribution in [0.4, 0.5) is 5.69 Å². The average molecular weight is 396 g/mol. The summed E-state index contributed by atoms with van der Waals surface area (Å²) in [6.45, 7) is 4.71. The maximum absolute atomic E-state index is 12.3. The molecule has 0 unspecified atom stereocenters. The molecule has 0 saturated heterocycles. The van der Waals surface area contributed by atoms with Crippen molar-refractivity contribution in [1.82, 2.24) is 14.8 Å². The summed E-state index contributed by atoms with van der Waals surface area (Å²) >= 11 is 1.29. The van der Waals surface area contributed by atoms with Crippen molar-refractivity contribution < 1.29 is 14.7 Å². The van der Waals surface area contributed by atoms with E-state index in [1.165, 1.54) is 23.9 Å². The molecule has 7 nitrogen and oxygen atoms in total. The average Bonchev–Trinajstić information content (AvgIpc) is 3.09. The summed E-state index contributed by atoms with van der Waals surface area (Å²) in [5, 5.41) is 20.9. The first-order valence-electron chi connectivity index (χ1n) is 8.74. The maximum atomic E-state index is 12.3. The lowest BCUT2D eigenvalue weighted by Crippen LogP contribution is -2.15. The molecule has 1 aromatic heterocycles. The van der Waals surface area contributed by atoms with Crippen LogP contribution in [0.3, 0.4) is 0 Å². The van der Waals surface area contributed by atoms with Crippen molar-refractivity contribution in [2.45, 2.75) is 25.5 Å². The molecule has 28 heavy (non-hydrogen) atoms. The number of amides is 1. The molecular weight excluding hydrogens is 376 g/mol. The van der Waals surface area contributed by atoms with Crippen LogP contribution in [0.5, 0.6) is 0 Å². The summed E-state index contributed by atoms with van der Waals surface area (Å²) in [4.78, 5) is 23.3. The Balaban J connectivity index is 1.68. The molecule has 0 spiro atoms. The molecule has 0 aliphatic rings. The Morgan fingerprint density at radius 2 is 1.93 bits per heavy atom. The van der Waals surface area contributed by atoms with E-state index in [4.69, 9.17) is 5.11 Å². The molecule has 0 bridgehead atoms. The fourth-order valence-electron chi connectivity index (χ4n) is 2.74. The molecule has 1 amide bonds. The Kier molecular flexibility index (Phi) is 6.10. The molecule has 0 radical (unpaired) electrons. The number of rotatable bonds is 7. The van der Waals surface area contributed by atoms with Crippen LogP contribution in [0.25, 0.3) is 11.4 Å². The van der Waals surface area contributed by atoms with E-state index in [1.54, 1.807) is 12.1 Å². The number of aromatic carboxylic acids is 1. The molecular formula is C20H20N4O3S. The maximum Gasteiger partial charge on any atom is 0.335 e. The zero-order chi connectivity index (χ0) is 20.1. The van der Waals surface area contributed by atoms with Gasteiger partial charge in [0.25, 0.3) is 0 Å². The Morgan fingerprint density at radius 3 is 2.64 bits per heavy atom. The van der Waals surface area contributed by atoms with Gasteiger partial charge in [0, 0.05) is 17.8 Å². The molecule has 3 aromatic rings. The van der Waals surface area contributed by atoms with E-state index in [1.807, 2.05) is 42.7 Å². The standard InChI is InChI=1S/C20H20N4O3S/c1-3-24-18(14-7-4-6-13(2)10-14)22-23-20(24)28-12-17(25)21-16-9-5-8-15(11-16)19(26)27/h4-11H,3,12H2,1-2H3,(H,21,25)(H,26,27). The predicted molar refractivity (Wildman–Crippen MR) is 109 cm³/mol. The number of aromatic nitrogens is 3. The van der Waals surface area contributed by atoms with Crippen molar-refractivity contribution in [2.24, 2.45) is 0 Å². The zero-order valence-corrected chi connectivity index (χ0v) is 16.4. The summed E-state index contributed by atoms with van der Waals surface area (Å²) in [6, 6.07) is 14.2. The Labute approximate surface area is 166 Å². The minimum Gasteiger partial charge on any atom is -0.478 e. The van der Waals surface area contributed by atoms with Gasteiger partial charge in [-0.2, -0.15) is 0 Å². The van der Waals surface area contributed by atoms with E-state index in [0.29, 0.717) is 17.4 Å². The van der Waals surface area contributed by atoms with E-state index >= 15 is 0 Å². The molecule has 144 valence electrons. The lowest BCUT2D eigenvalue weighted by molar-refractivity contribution is -0.113. The highest BCUT2D eigenvalue weighted by Crippen LogP contribution is 2.24. The van der Waals surface area contributed by atoms with Crippen molar-refractivity contribution in [2.75, 3.05) is 11.1 Å². The summed E-state index contributed by atoms with van der Waals surface area (Å²) < 4.78 is 1.97. The van der Waals surface area contributed by atoms with Gasteiger partial charge in [0.15, 0.2) is 11.0 Å². The molecule has 2 aromatic carbocycles. The van der Waals surface area contributed by atoms with Crippen molar-refractivity contribution in [3.8, 4) is 11.4 Å². The van der Waals surface area contributed by atoms with Crippen LogP contribution in [0.1, 0.15) is 22.8 Å². The number of benzene rings is 2. The van der Waals surface area contributed by atoms with Crippen LogP contribution >= 0.6 is 11.8 Å². The van der Waals surface area contributed by atoms with Crippen molar-refractivity contribution in [3.63, 3.8) is 0 Å². The minimum absolute atomic E-state index is 0.124. The minimum atomic E-state index is -1.04. The summed E-state index contributed by atoms with van der Waals surface area (Å²) in [5.41, 5.74) is 2.69. The molecule has 0 atom stereocenters. The van der Waals surface area contributed by atoms with Crippen molar-refractivity contribution >= 4 is 29.3 Å². The lowest BCUT2D eigenvalue weighted by atomic mass is 10.1. The summed E-state index contributed by atoms with van der Waals surface area (Å²) in [6.07, 6.45) is 0. The molecule has 0 aliphatic heterocycles. The zero-order valence-electron chi connectivity index (χ0n) is 15.5. The number of hydrogen-bond donors (Lipinski definition) is 2. The number of carbonyl (C=O) groups excluding carboxylic acids is 1. The monoisotopic (exact) mass is 396 g/mol. The third-order valence-corrected chi connectivity index (χ3v) is 5.00. The van der Waals surface area contributed by atoms with Gasteiger partial charge in [-0.05, 0) is 38.1 Å². The smallest absolute Gasteiger partial charge is 0.335 e. The third-order valence-electron chi connectivity index (χ3n) is 4.03. The van der Waals surface area contributed by atoms with Crippen LogP contribution in [0.15, 0.2) is 53.7 Å². The van der Waals surface area contributed by atoms with E-state index in [-0.39, 0.29) is 17.2 Å². The number of thioether (sulfide) groups is 1. The van der Waals surface area contributed by atoms with E-state index in [2.05, 4.69) is 15.5 Å². The lowest BCUT2D eigenvalue weighted by Gasteiger charge is -2.08. The van der Waals surface area contributed by atoms with Gasteiger partial charge in [0.1, 0.15) is 0 Å². The first-order chi connectivity index (χ1) is 13.5. The van der Waals surface area contributed by atoms with Gasteiger partial charge < -0.3 is 15.0 Å². The highest BCUT2D eigenvalue weighted by molar-refractivity contribution is 7.99. The first-order valence-corrected chi connectivity index (χ1v) is 9.72. The number of nitrogens with zero attached hydrogens (tertiary/aromatic N) is 3. The van der Waals surface area contributed by atoms with Gasteiger partial charge in [-0.15, -0.1) is 10.2 Å². The second-order valence-electron chi connectivity index (χ2n) is 6.14. The summed E-state index contributed by atoms with van der Waals surface area (Å²) in [5.74, 6) is -0.368. The van der Waals surface area contributed by atoms with E-state index < -0.39 is 5.97 Å². The van der Waals surface area contributed by atoms with Crippen LogP contribution in [0.2, 0.25) is 0 Å². The largest absolute Gasteiger partial charge is 0.478 e. The highest BCUT2D eigenvalue weighted by Gasteiger charge is 2.15. The van der Waals surface area contributed by atoms with Gasteiger partial charge in [-0.1, -0.05) is 41.6 Å². The van der Waals surface area contributed by atoms with Crippen LogP contribution in [0, 0.1) is 6.92 Å². The fraction of sp³-hybridized carbons (Fsp3) is 0.200. The van der Waals surface area contributed by atoms with Crippen LogP contribution in [-0.4, -0.2) is 37.5 Å². The summed E-state index contributed by atoms with van der Waals surface area (Å²) in [7, 11) is 0. The number of anilines is 1. The third kappa shape index (κ3) is 4.58. The van der Waals surface area contributed by atoms with Crippen molar-refractivity contribution in [1.29, 1.82) is 0 Å². The fourth-order valence-corrected chi connectivity index (χ4v) is 3.54. The second kappa shape index (κ2) is 8.71. The molecule has 0 fully saturated rings. The first kappa shape index (κ1) is 19.6. The molecule has 0 aliphatic carbocycles. The number of carbonyl (C=O) groups is 2. The molecule has 2 N–H and O–H groups in total. The topological polar surface area (TPSA) is 97.1 Å². The molecule has 1 heterocycles. The highest BCUT2D eigenvalue weighted by atomic mass is 32.2. The Bertz CT molecular complexity index is 1020. The number of carboxylic acids is 1. The molecule has 0 saturated carbocycles. The number of aryl methyl sites for hydroxylation is 1. The van der Waals surface area contributed by atoms with Gasteiger partial charge >= 0.3 is 5.97 Å². The van der Waals surface area contributed by atoms with Gasteiger partial charge in [0.2, 0.25) is 5.91 Å². The molecule has 8 heteroatoms. The van der Waals surface area contributed by atoms with Gasteiger partial charge in [0.05, 0.1) is 11.3 Å². The second-order valence-corrected chi connectivity index (χ2v) is 7.09. The number of nitrogens with one attached hydrogen (secondary N) is 1. The predicted octanol–water partition coefficient (Wildman–Crippen LogP) is 3.70. The van der Waals surface area contributed by atoms with Gasteiger partial charge in [-0.3, -0.25) is 4.79 Å². The Hall–Kier alpha value is -3.13. The van der Waals surface area contributed by atoms with Crippen LogP contribution < -0.4 is 5.32 Å². The number of carboxylic acid groups (broad SMARTS) is 1. The molecule has 3 rings (SSSR count).